The smallest absolute Gasteiger partial charge is 0.269 e. The lowest BCUT2D eigenvalue weighted by Gasteiger charge is -2.22. The number of amides is 1. The first-order valence-corrected chi connectivity index (χ1v) is 10.0. The van der Waals surface area contributed by atoms with E-state index >= 15 is 0 Å². The number of nitro groups is 1. The minimum Gasteiger partial charge on any atom is -0.486 e. The normalized spacial score (nSPS) is 12.2. The van der Waals surface area contributed by atoms with E-state index in [-0.39, 0.29) is 22.6 Å². The second kappa shape index (κ2) is 8.57. The summed E-state index contributed by atoms with van der Waals surface area (Å²) < 4.78 is 12.1. The third-order valence-electron chi connectivity index (χ3n) is 4.59. The highest BCUT2D eigenvalue weighted by Crippen LogP contribution is 2.38. The Bertz CT molecular complexity index is 1180. The molecule has 0 aromatic heterocycles. The minimum atomic E-state index is -0.539. The van der Waals surface area contributed by atoms with Gasteiger partial charge in [-0.1, -0.05) is 15.9 Å². The predicted octanol–water partition coefficient (Wildman–Crippen LogP) is 4.61. The van der Waals surface area contributed by atoms with Crippen LogP contribution >= 0.6 is 15.9 Å². The van der Waals surface area contributed by atoms with E-state index in [1.807, 2.05) is 0 Å². The summed E-state index contributed by atoms with van der Waals surface area (Å²) in [4.78, 5) is 36.0. The maximum atomic E-state index is 13.1. The number of halogens is 1. The molecule has 0 radical (unpaired) electrons. The van der Waals surface area contributed by atoms with Crippen molar-refractivity contribution in [3.8, 4) is 11.5 Å². The van der Waals surface area contributed by atoms with E-state index in [2.05, 4.69) is 21.2 Å². The minimum absolute atomic E-state index is 0.113. The van der Waals surface area contributed by atoms with Gasteiger partial charge in [-0.05, 0) is 42.5 Å². The maximum Gasteiger partial charge on any atom is 0.269 e. The molecule has 0 aliphatic carbocycles. The number of nitrogens with one attached hydrogen (secondary N) is 1. The Labute approximate surface area is 185 Å². The Morgan fingerprint density at radius 3 is 2.26 bits per heavy atom. The molecule has 0 atom stereocenters. The molecule has 3 aromatic rings. The number of hydrogen-bond acceptors (Lipinski definition) is 6. The zero-order valence-corrected chi connectivity index (χ0v) is 17.5. The van der Waals surface area contributed by atoms with E-state index in [4.69, 9.17) is 9.47 Å². The van der Waals surface area contributed by atoms with Gasteiger partial charge in [0.1, 0.15) is 13.2 Å². The zero-order chi connectivity index (χ0) is 22.0. The number of benzene rings is 3. The molecule has 3 aromatic carbocycles. The van der Waals surface area contributed by atoms with Crippen LogP contribution in [0.5, 0.6) is 11.5 Å². The van der Waals surface area contributed by atoms with Crippen LogP contribution in [0.3, 0.4) is 0 Å². The highest BCUT2D eigenvalue weighted by Gasteiger charge is 2.24. The van der Waals surface area contributed by atoms with Crippen LogP contribution in [0.2, 0.25) is 0 Å². The van der Waals surface area contributed by atoms with Crippen LogP contribution in [0.15, 0.2) is 65.1 Å². The van der Waals surface area contributed by atoms with Gasteiger partial charge in [-0.15, -0.1) is 0 Å². The van der Waals surface area contributed by atoms with Gasteiger partial charge < -0.3 is 14.8 Å². The number of nitrogens with zero attached hydrogens (tertiary/aromatic N) is 1. The standard InChI is InChI=1S/C22H15BrN2O6/c23-15-5-1-13(2-6-15)20(26)18-11-16(12-19-21(18)31-10-9-30-19)24-22(27)14-3-7-17(8-4-14)25(28)29/h1-8,11-12H,9-10H2,(H,24,27). The highest BCUT2D eigenvalue weighted by molar-refractivity contribution is 9.10. The molecule has 1 aliphatic rings. The summed E-state index contributed by atoms with van der Waals surface area (Å²) in [6.45, 7) is 0.626. The Morgan fingerprint density at radius 1 is 0.935 bits per heavy atom. The molecular formula is C22H15BrN2O6. The summed E-state index contributed by atoms with van der Waals surface area (Å²) in [6, 6.07) is 15.2. The summed E-state index contributed by atoms with van der Waals surface area (Å²) >= 11 is 3.34. The van der Waals surface area contributed by atoms with Crippen molar-refractivity contribution in [1.29, 1.82) is 0 Å². The molecule has 1 N–H and O–H groups in total. The van der Waals surface area contributed by atoms with Gasteiger partial charge in [-0.2, -0.15) is 0 Å². The summed E-state index contributed by atoms with van der Waals surface area (Å²) in [7, 11) is 0. The van der Waals surface area contributed by atoms with Crippen LogP contribution < -0.4 is 14.8 Å². The summed E-state index contributed by atoms with van der Waals surface area (Å²) in [5, 5.41) is 13.5. The molecule has 156 valence electrons. The summed E-state index contributed by atoms with van der Waals surface area (Å²) in [5.41, 5.74) is 1.18. The van der Waals surface area contributed by atoms with Crippen molar-refractivity contribution >= 4 is 39.0 Å². The molecule has 8 nitrogen and oxygen atoms in total. The van der Waals surface area contributed by atoms with Gasteiger partial charge in [0.25, 0.3) is 11.6 Å². The second-order valence-electron chi connectivity index (χ2n) is 6.64. The molecule has 9 heteroatoms. The number of nitro benzene ring substituents is 1. The number of hydrogen-bond donors (Lipinski definition) is 1. The van der Waals surface area contributed by atoms with Crippen LogP contribution in [0.25, 0.3) is 0 Å². The van der Waals surface area contributed by atoms with E-state index in [1.165, 1.54) is 30.3 Å². The van der Waals surface area contributed by atoms with Crippen molar-refractivity contribution in [3.63, 3.8) is 0 Å². The predicted molar refractivity (Wildman–Crippen MR) is 116 cm³/mol. The first-order chi connectivity index (χ1) is 14.9. The average molecular weight is 483 g/mol. The van der Waals surface area contributed by atoms with Crippen molar-refractivity contribution in [2.75, 3.05) is 18.5 Å². The summed E-state index contributed by atoms with van der Waals surface area (Å²) in [6.07, 6.45) is 0. The molecule has 0 saturated heterocycles. The third-order valence-corrected chi connectivity index (χ3v) is 5.12. The van der Waals surface area contributed by atoms with E-state index in [0.29, 0.717) is 36.0 Å². The molecule has 0 unspecified atom stereocenters. The number of carbonyl (C=O) groups excluding carboxylic acids is 2. The molecule has 0 fully saturated rings. The van der Waals surface area contributed by atoms with Gasteiger partial charge in [0.2, 0.25) is 0 Å². The van der Waals surface area contributed by atoms with Crippen LogP contribution in [-0.4, -0.2) is 29.8 Å². The average Bonchev–Trinajstić information content (AvgIpc) is 2.78. The maximum absolute atomic E-state index is 13.1. The fourth-order valence-electron chi connectivity index (χ4n) is 3.09. The van der Waals surface area contributed by atoms with Gasteiger partial charge in [0.05, 0.1) is 10.5 Å². The fraction of sp³-hybridized carbons (Fsp3) is 0.0909. The quantitative estimate of drug-likeness (QED) is 0.323. The van der Waals surface area contributed by atoms with Crippen molar-refractivity contribution in [1.82, 2.24) is 0 Å². The Balaban J connectivity index is 1.66. The number of rotatable bonds is 5. The number of fused-ring (bicyclic) bond motifs is 1. The van der Waals surface area contributed by atoms with E-state index in [0.717, 1.165) is 4.47 Å². The van der Waals surface area contributed by atoms with Gasteiger partial charge in [0, 0.05) is 39.5 Å². The molecule has 0 bridgehead atoms. The molecule has 1 heterocycles. The van der Waals surface area contributed by atoms with Crippen LogP contribution in [0, 0.1) is 10.1 Å². The monoisotopic (exact) mass is 482 g/mol. The van der Waals surface area contributed by atoms with Crippen molar-refractivity contribution < 1.29 is 24.0 Å². The Kier molecular flexibility index (Phi) is 5.68. The molecule has 0 saturated carbocycles. The molecule has 0 spiro atoms. The fourth-order valence-corrected chi connectivity index (χ4v) is 3.35. The van der Waals surface area contributed by atoms with Crippen LogP contribution in [0.1, 0.15) is 26.3 Å². The summed E-state index contributed by atoms with van der Waals surface area (Å²) in [5.74, 6) is -0.0741. The number of carbonyl (C=O) groups is 2. The molecule has 1 aliphatic heterocycles. The van der Waals surface area contributed by atoms with Crippen LogP contribution in [-0.2, 0) is 0 Å². The first-order valence-electron chi connectivity index (χ1n) is 9.22. The highest BCUT2D eigenvalue weighted by atomic mass is 79.9. The number of non-ortho nitro benzene ring substituents is 1. The van der Waals surface area contributed by atoms with Gasteiger partial charge in [0.15, 0.2) is 17.3 Å². The zero-order valence-electron chi connectivity index (χ0n) is 16.0. The molecule has 4 rings (SSSR count). The molecule has 31 heavy (non-hydrogen) atoms. The molecule has 1 amide bonds. The van der Waals surface area contributed by atoms with Crippen molar-refractivity contribution in [2.24, 2.45) is 0 Å². The number of anilines is 1. The SMILES string of the molecule is O=C(Nc1cc2c(c(C(=O)c3ccc(Br)cc3)c1)OCCO2)c1ccc([N+](=O)[O-])cc1. The van der Waals surface area contributed by atoms with Gasteiger partial charge in [-0.3, -0.25) is 19.7 Å². The van der Waals surface area contributed by atoms with E-state index in [9.17, 15) is 19.7 Å². The van der Waals surface area contributed by atoms with Crippen LogP contribution in [0.4, 0.5) is 11.4 Å². The topological polar surface area (TPSA) is 108 Å². The van der Waals surface area contributed by atoms with Gasteiger partial charge in [-0.25, -0.2) is 0 Å². The lowest BCUT2D eigenvalue weighted by atomic mass is 10.0. The third kappa shape index (κ3) is 4.41. The Hall–Kier alpha value is -3.72. The lowest BCUT2D eigenvalue weighted by Crippen LogP contribution is -2.19. The van der Waals surface area contributed by atoms with Crippen molar-refractivity contribution in [3.05, 3.63) is 91.9 Å². The first kappa shape index (κ1) is 20.5. The molecular weight excluding hydrogens is 468 g/mol. The largest absolute Gasteiger partial charge is 0.486 e. The number of ketones is 1. The number of ether oxygens (including phenoxy) is 2. The van der Waals surface area contributed by atoms with E-state index < -0.39 is 10.8 Å². The Morgan fingerprint density at radius 2 is 1.58 bits per heavy atom. The second-order valence-corrected chi connectivity index (χ2v) is 7.56. The van der Waals surface area contributed by atoms with Gasteiger partial charge >= 0.3 is 0 Å². The van der Waals surface area contributed by atoms with Crippen molar-refractivity contribution in [2.45, 2.75) is 0 Å². The van der Waals surface area contributed by atoms with E-state index in [1.54, 1.807) is 30.3 Å². The lowest BCUT2D eigenvalue weighted by molar-refractivity contribution is -0.384.